The normalized spacial score (nSPS) is 16.6. The first-order chi connectivity index (χ1) is 10.2. The predicted molar refractivity (Wildman–Crippen MR) is 80.1 cm³/mol. The molecule has 1 saturated heterocycles. The molecule has 2 heterocycles. The first-order valence-corrected chi connectivity index (χ1v) is 7.25. The molecule has 1 aromatic carbocycles. The molecule has 3 rings (SSSR count). The van der Waals surface area contributed by atoms with Gasteiger partial charge in [-0.2, -0.15) is 5.10 Å². The molecular formula is C15H20N4O2. The van der Waals surface area contributed by atoms with Gasteiger partial charge in [0.05, 0.1) is 12.1 Å². The minimum Gasteiger partial charge on any atom is -0.395 e. The molecule has 0 saturated carbocycles. The van der Waals surface area contributed by atoms with Gasteiger partial charge >= 0.3 is 0 Å². The lowest BCUT2D eigenvalue weighted by atomic mass is 10.2. The summed E-state index contributed by atoms with van der Waals surface area (Å²) < 4.78 is 1.75. The first kappa shape index (κ1) is 14.0. The zero-order chi connectivity index (χ0) is 14.8. The van der Waals surface area contributed by atoms with Crippen LogP contribution in [0.15, 0.2) is 24.3 Å². The molecule has 0 aliphatic carbocycles. The minimum absolute atomic E-state index is 0.00421. The van der Waals surface area contributed by atoms with E-state index in [0.717, 1.165) is 24.0 Å². The lowest BCUT2D eigenvalue weighted by Crippen LogP contribution is -2.49. The number of aryl methyl sites for hydroxylation is 1. The molecule has 6 nitrogen and oxygen atoms in total. The minimum atomic E-state index is -0.00421. The number of β-amino-alcohol motifs (C(OH)–C–C–N with tert-alkyl or cyclic N) is 1. The number of para-hydroxylation sites is 1. The summed E-state index contributed by atoms with van der Waals surface area (Å²) in [4.78, 5) is 16.7. The Labute approximate surface area is 123 Å². The van der Waals surface area contributed by atoms with Crippen LogP contribution in [0, 0.1) is 0 Å². The van der Waals surface area contributed by atoms with Gasteiger partial charge in [-0.15, -0.1) is 0 Å². The van der Waals surface area contributed by atoms with E-state index in [9.17, 15) is 4.79 Å². The maximum absolute atomic E-state index is 12.7. The molecule has 0 bridgehead atoms. The van der Waals surface area contributed by atoms with E-state index in [1.54, 1.807) is 4.68 Å². The molecule has 1 aliphatic heterocycles. The molecule has 0 unspecified atom stereocenters. The van der Waals surface area contributed by atoms with Gasteiger partial charge in [-0.05, 0) is 6.07 Å². The van der Waals surface area contributed by atoms with Crippen molar-refractivity contribution in [2.45, 2.75) is 0 Å². The average Bonchev–Trinajstić information content (AvgIpc) is 2.85. The molecule has 0 spiro atoms. The maximum atomic E-state index is 12.7. The number of hydrogen-bond donors (Lipinski definition) is 1. The van der Waals surface area contributed by atoms with Crippen molar-refractivity contribution >= 4 is 16.8 Å². The van der Waals surface area contributed by atoms with Gasteiger partial charge in [0.1, 0.15) is 0 Å². The van der Waals surface area contributed by atoms with Gasteiger partial charge < -0.3 is 10.0 Å². The fourth-order valence-electron chi connectivity index (χ4n) is 2.84. The molecule has 1 amide bonds. The third-order valence-corrected chi connectivity index (χ3v) is 4.04. The van der Waals surface area contributed by atoms with Gasteiger partial charge in [0.2, 0.25) is 0 Å². The number of carbonyl (C=O) groups excluding carboxylic acids is 1. The van der Waals surface area contributed by atoms with Crippen LogP contribution in [0.5, 0.6) is 0 Å². The fraction of sp³-hybridized carbons (Fsp3) is 0.467. The first-order valence-electron chi connectivity index (χ1n) is 7.25. The number of aliphatic hydroxyl groups excluding tert-OH is 1. The Morgan fingerprint density at radius 1 is 1.24 bits per heavy atom. The number of piperazine rings is 1. The number of rotatable bonds is 3. The molecule has 1 fully saturated rings. The van der Waals surface area contributed by atoms with Gasteiger partial charge in [-0.3, -0.25) is 14.4 Å². The summed E-state index contributed by atoms with van der Waals surface area (Å²) in [5.74, 6) is -0.00421. The molecule has 1 N–H and O–H groups in total. The van der Waals surface area contributed by atoms with E-state index < -0.39 is 0 Å². The van der Waals surface area contributed by atoms with Crippen LogP contribution in [0.2, 0.25) is 0 Å². The monoisotopic (exact) mass is 288 g/mol. The molecule has 6 heteroatoms. The number of amides is 1. The Bertz CT molecular complexity index is 644. The van der Waals surface area contributed by atoms with E-state index in [4.69, 9.17) is 5.11 Å². The number of benzene rings is 1. The number of fused-ring (bicyclic) bond motifs is 1. The summed E-state index contributed by atoms with van der Waals surface area (Å²) in [5.41, 5.74) is 1.50. The Kier molecular flexibility index (Phi) is 3.90. The third kappa shape index (κ3) is 2.64. The largest absolute Gasteiger partial charge is 0.395 e. The lowest BCUT2D eigenvalue weighted by Gasteiger charge is -2.34. The Balaban J connectivity index is 1.79. The highest BCUT2D eigenvalue weighted by molar-refractivity contribution is 6.04. The van der Waals surface area contributed by atoms with Crippen LogP contribution in [-0.2, 0) is 7.05 Å². The SMILES string of the molecule is Cn1nc(C(=O)N2CCN(CCO)CC2)c2ccccc21. The van der Waals surface area contributed by atoms with Gasteiger partial charge in [0.15, 0.2) is 5.69 Å². The zero-order valence-corrected chi connectivity index (χ0v) is 12.2. The van der Waals surface area contributed by atoms with E-state index >= 15 is 0 Å². The van der Waals surface area contributed by atoms with Crippen molar-refractivity contribution in [2.75, 3.05) is 39.3 Å². The van der Waals surface area contributed by atoms with Gasteiger partial charge in [0, 0.05) is 45.2 Å². The molecule has 2 aromatic rings. The van der Waals surface area contributed by atoms with E-state index in [1.807, 2.05) is 36.2 Å². The summed E-state index contributed by atoms with van der Waals surface area (Å²) in [6.45, 7) is 3.81. The quantitative estimate of drug-likeness (QED) is 0.884. The third-order valence-electron chi connectivity index (χ3n) is 4.04. The van der Waals surface area contributed by atoms with Crippen LogP contribution >= 0.6 is 0 Å². The van der Waals surface area contributed by atoms with E-state index in [-0.39, 0.29) is 12.5 Å². The van der Waals surface area contributed by atoms with Crippen molar-refractivity contribution in [3.8, 4) is 0 Å². The van der Waals surface area contributed by atoms with Gasteiger partial charge in [-0.1, -0.05) is 18.2 Å². The molecule has 0 atom stereocenters. The summed E-state index contributed by atoms with van der Waals surface area (Å²) in [7, 11) is 1.86. The molecule has 1 aliphatic rings. The lowest BCUT2D eigenvalue weighted by molar-refractivity contribution is 0.0610. The van der Waals surface area contributed by atoms with Crippen LogP contribution in [0.25, 0.3) is 10.9 Å². The van der Waals surface area contributed by atoms with Crippen molar-refractivity contribution in [1.82, 2.24) is 19.6 Å². The Morgan fingerprint density at radius 3 is 2.67 bits per heavy atom. The van der Waals surface area contributed by atoms with Crippen molar-refractivity contribution in [1.29, 1.82) is 0 Å². The second-order valence-corrected chi connectivity index (χ2v) is 5.35. The highest BCUT2D eigenvalue weighted by atomic mass is 16.3. The highest BCUT2D eigenvalue weighted by Crippen LogP contribution is 2.19. The molecule has 1 aromatic heterocycles. The second kappa shape index (κ2) is 5.83. The van der Waals surface area contributed by atoms with Crippen LogP contribution in [0.4, 0.5) is 0 Å². The molecule has 21 heavy (non-hydrogen) atoms. The number of aliphatic hydroxyl groups is 1. The van der Waals surface area contributed by atoms with Crippen molar-refractivity contribution in [3.63, 3.8) is 0 Å². The van der Waals surface area contributed by atoms with Crippen LogP contribution in [0.3, 0.4) is 0 Å². The summed E-state index contributed by atoms with van der Waals surface area (Å²) in [6.07, 6.45) is 0. The number of carbonyl (C=O) groups is 1. The molecular weight excluding hydrogens is 268 g/mol. The van der Waals surface area contributed by atoms with E-state index in [2.05, 4.69) is 10.00 Å². The summed E-state index contributed by atoms with van der Waals surface area (Å²) >= 11 is 0. The Morgan fingerprint density at radius 2 is 1.95 bits per heavy atom. The predicted octanol–water partition coefficient (Wildman–Crippen LogP) is 0.323. The van der Waals surface area contributed by atoms with Crippen molar-refractivity contribution < 1.29 is 9.90 Å². The smallest absolute Gasteiger partial charge is 0.275 e. The standard InChI is InChI=1S/C15H20N4O2/c1-17-13-5-3-2-4-12(13)14(16-17)15(21)19-8-6-18(7-9-19)10-11-20/h2-5,20H,6-11H2,1H3. The molecule has 112 valence electrons. The van der Waals surface area contributed by atoms with E-state index in [1.165, 1.54) is 0 Å². The second-order valence-electron chi connectivity index (χ2n) is 5.35. The maximum Gasteiger partial charge on any atom is 0.275 e. The average molecular weight is 288 g/mol. The summed E-state index contributed by atoms with van der Waals surface area (Å²) in [5, 5.41) is 14.3. The zero-order valence-electron chi connectivity index (χ0n) is 12.2. The number of nitrogens with zero attached hydrogens (tertiary/aromatic N) is 4. The van der Waals surface area contributed by atoms with Gasteiger partial charge in [0.25, 0.3) is 5.91 Å². The van der Waals surface area contributed by atoms with Crippen molar-refractivity contribution in [3.05, 3.63) is 30.0 Å². The number of hydrogen-bond acceptors (Lipinski definition) is 4. The highest BCUT2D eigenvalue weighted by Gasteiger charge is 2.25. The summed E-state index contributed by atoms with van der Waals surface area (Å²) in [6, 6.07) is 7.79. The number of aromatic nitrogens is 2. The molecule has 0 radical (unpaired) electrons. The van der Waals surface area contributed by atoms with Crippen LogP contribution in [0.1, 0.15) is 10.5 Å². The van der Waals surface area contributed by atoms with Crippen molar-refractivity contribution in [2.24, 2.45) is 7.05 Å². The topological polar surface area (TPSA) is 61.6 Å². The van der Waals surface area contributed by atoms with E-state index in [0.29, 0.717) is 25.3 Å². The van der Waals surface area contributed by atoms with Crippen LogP contribution in [-0.4, -0.2) is 69.9 Å². The fourth-order valence-corrected chi connectivity index (χ4v) is 2.84. The van der Waals surface area contributed by atoms with Crippen LogP contribution < -0.4 is 0 Å². The Hall–Kier alpha value is -1.92. The van der Waals surface area contributed by atoms with Gasteiger partial charge in [-0.25, -0.2) is 0 Å².